The Hall–Kier alpha value is -2.70. The molecular formula is C23H19FN2OS2. The van der Waals surface area contributed by atoms with E-state index in [1.807, 2.05) is 23.6 Å². The average Bonchev–Trinajstić information content (AvgIpc) is 3.20. The third-order valence-corrected chi connectivity index (χ3v) is 6.30. The van der Waals surface area contributed by atoms with Crippen molar-refractivity contribution in [2.75, 3.05) is 11.1 Å². The van der Waals surface area contributed by atoms with Crippen LogP contribution in [0, 0.1) is 5.82 Å². The van der Waals surface area contributed by atoms with E-state index in [1.54, 1.807) is 23.9 Å². The largest absolute Gasteiger partial charge is 0.302 e. The predicted octanol–water partition coefficient (Wildman–Crippen LogP) is 6.61. The third-order valence-electron chi connectivity index (χ3n) is 4.45. The van der Waals surface area contributed by atoms with Crippen molar-refractivity contribution >= 4 is 44.9 Å². The van der Waals surface area contributed by atoms with Crippen LogP contribution in [-0.4, -0.2) is 16.6 Å². The Morgan fingerprint density at radius 3 is 2.69 bits per heavy atom. The number of thioether (sulfide) groups is 1. The van der Waals surface area contributed by atoms with E-state index < -0.39 is 0 Å². The quantitative estimate of drug-likeness (QED) is 0.269. The first kappa shape index (κ1) is 19.6. The van der Waals surface area contributed by atoms with Gasteiger partial charge < -0.3 is 5.32 Å². The lowest BCUT2D eigenvalue weighted by Crippen LogP contribution is -2.11. The lowest BCUT2D eigenvalue weighted by molar-refractivity contribution is -0.116. The van der Waals surface area contributed by atoms with Gasteiger partial charge in [0.1, 0.15) is 5.82 Å². The molecule has 4 rings (SSSR count). The molecule has 1 aromatic heterocycles. The minimum atomic E-state index is -0.236. The van der Waals surface area contributed by atoms with Gasteiger partial charge in [0.25, 0.3) is 0 Å². The van der Waals surface area contributed by atoms with Crippen molar-refractivity contribution < 1.29 is 9.18 Å². The molecule has 0 bridgehead atoms. The molecule has 1 N–H and O–H groups in total. The fourth-order valence-corrected chi connectivity index (χ4v) is 4.62. The number of fused-ring (bicyclic) bond motifs is 1. The Labute approximate surface area is 177 Å². The van der Waals surface area contributed by atoms with Gasteiger partial charge in [-0.25, -0.2) is 9.37 Å². The number of carbonyl (C=O) groups excluding carboxylic acids is 1. The topological polar surface area (TPSA) is 42.0 Å². The van der Waals surface area contributed by atoms with Crippen LogP contribution in [-0.2, 0) is 4.79 Å². The standard InChI is InChI=1S/C23H19FN2OS2/c24-17-10-12-18(13-11-17)28-14-4-9-22(27)26-23-25-21(15-29-23)20-8-3-6-16-5-1-2-7-19(16)20/h1-3,5-8,10-13,15H,4,9,14H2,(H,25,26,27). The molecule has 0 fully saturated rings. The van der Waals surface area contributed by atoms with E-state index in [-0.39, 0.29) is 11.7 Å². The monoisotopic (exact) mass is 422 g/mol. The van der Waals surface area contributed by atoms with Gasteiger partial charge in [-0.1, -0.05) is 42.5 Å². The molecule has 0 aliphatic heterocycles. The molecule has 0 aliphatic carbocycles. The molecule has 0 spiro atoms. The molecule has 29 heavy (non-hydrogen) atoms. The summed E-state index contributed by atoms with van der Waals surface area (Å²) in [6, 6.07) is 20.8. The Balaban J connectivity index is 1.31. The number of nitrogens with one attached hydrogen (secondary N) is 1. The number of hydrogen-bond donors (Lipinski definition) is 1. The van der Waals surface area contributed by atoms with Crippen LogP contribution in [0.3, 0.4) is 0 Å². The van der Waals surface area contributed by atoms with Gasteiger partial charge in [-0.05, 0) is 47.2 Å². The van der Waals surface area contributed by atoms with Crippen molar-refractivity contribution in [1.82, 2.24) is 4.98 Å². The third kappa shape index (κ3) is 5.02. The van der Waals surface area contributed by atoms with Gasteiger partial charge in [-0.15, -0.1) is 23.1 Å². The summed E-state index contributed by atoms with van der Waals surface area (Å²) in [7, 11) is 0. The highest BCUT2D eigenvalue weighted by Gasteiger charge is 2.10. The van der Waals surface area contributed by atoms with Crippen LogP contribution in [0.4, 0.5) is 9.52 Å². The van der Waals surface area contributed by atoms with Crippen LogP contribution < -0.4 is 5.32 Å². The van der Waals surface area contributed by atoms with E-state index in [4.69, 9.17) is 0 Å². The van der Waals surface area contributed by atoms with Gasteiger partial charge in [0.05, 0.1) is 5.69 Å². The Morgan fingerprint density at radius 1 is 1.03 bits per heavy atom. The molecule has 0 saturated heterocycles. The van der Waals surface area contributed by atoms with E-state index in [0.29, 0.717) is 11.6 Å². The molecule has 0 aliphatic rings. The van der Waals surface area contributed by atoms with E-state index in [0.717, 1.165) is 33.7 Å². The Morgan fingerprint density at radius 2 is 1.83 bits per heavy atom. The minimum Gasteiger partial charge on any atom is -0.302 e. The average molecular weight is 423 g/mol. The van der Waals surface area contributed by atoms with Crippen molar-refractivity contribution in [2.24, 2.45) is 0 Å². The van der Waals surface area contributed by atoms with Gasteiger partial charge in [-0.3, -0.25) is 4.79 Å². The maximum atomic E-state index is 12.9. The molecule has 0 atom stereocenters. The molecule has 146 valence electrons. The first-order valence-corrected chi connectivity index (χ1v) is 11.2. The van der Waals surface area contributed by atoms with Crippen molar-refractivity contribution in [3.05, 3.63) is 77.9 Å². The van der Waals surface area contributed by atoms with Gasteiger partial charge in [0.15, 0.2) is 5.13 Å². The van der Waals surface area contributed by atoms with Crippen LogP contribution in [0.1, 0.15) is 12.8 Å². The maximum Gasteiger partial charge on any atom is 0.226 e. The van der Waals surface area contributed by atoms with Crippen LogP contribution in [0.5, 0.6) is 0 Å². The number of anilines is 1. The van der Waals surface area contributed by atoms with E-state index in [1.165, 1.54) is 28.9 Å². The van der Waals surface area contributed by atoms with Crippen LogP contribution in [0.2, 0.25) is 0 Å². The van der Waals surface area contributed by atoms with Gasteiger partial charge in [0, 0.05) is 22.3 Å². The van der Waals surface area contributed by atoms with Crippen LogP contribution in [0.25, 0.3) is 22.0 Å². The lowest BCUT2D eigenvalue weighted by atomic mass is 10.0. The highest BCUT2D eigenvalue weighted by atomic mass is 32.2. The summed E-state index contributed by atoms with van der Waals surface area (Å²) in [5.74, 6) is 0.529. The van der Waals surface area contributed by atoms with Crippen molar-refractivity contribution in [1.29, 1.82) is 0 Å². The molecule has 3 aromatic carbocycles. The fourth-order valence-electron chi connectivity index (χ4n) is 3.04. The zero-order valence-corrected chi connectivity index (χ0v) is 17.2. The molecule has 0 saturated carbocycles. The number of carbonyl (C=O) groups is 1. The Kier molecular flexibility index (Phi) is 6.22. The number of thiazole rings is 1. The van der Waals surface area contributed by atoms with E-state index in [2.05, 4.69) is 34.6 Å². The van der Waals surface area contributed by atoms with Crippen molar-refractivity contribution in [3.63, 3.8) is 0 Å². The van der Waals surface area contributed by atoms with Gasteiger partial charge >= 0.3 is 0 Å². The smallest absolute Gasteiger partial charge is 0.226 e. The number of aromatic nitrogens is 1. The summed E-state index contributed by atoms with van der Waals surface area (Å²) < 4.78 is 12.9. The molecule has 1 heterocycles. The summed E-state index contributed by atoms with van der Waals surface area (Å²) in [5.41, 5.74) is 1.93. The van der Waals surface area contributed by atoms with Crippen LogP contribution in [0.15, 0.2) is 77.0 Å². The molecule has 4 aromatic rings. The van der Waals surface area contributed by atoms with Crippen LogP contribution >= 0.6 is 23.1 Å². The first-order valence-electron chi connectivity index (χ1n) is 9.31. The number of halogens is 1. The summed E-state index contributed by atoms with van der Waals surface area (Å²) in [4.78, 5) is 17.8. The van der Waals surface area contributed by atoms with E-state index >= 15 is 0 Å². The molecule has 0 radical (unpaired) electrons. The maximum absolute atomic E-state index is 12.9. The second-order valence-corrected chi connectivity index (χ2v) is 8.55. The number of rotatable bonds is 7. The zero-order valence-electron chi connectivity index (χ0n) is 15.6. The van der Waals surface area contributed by atoms with Gasteiger partial charge in [-0.2, -0.15) is 0 Å². The van der Waals surface area contributed by atoms with Gasteiger partial charge in [0.2, 0.25) is 5.91 Å². The molecule has 3 nitrogen and oxygen atoms in total. The number of nitrogens with zero attached hydrogens (tertiary/aromatic N) is 1. The number of amides is 1. The van der Waals surface area contributed by atoms with E-state index in [9.17, 15) is 9.18 Å². The molecule has 6 heteroatoms. The minimum absolute atomic E-state index is 0.0384. The number of hydrogen-bond acceptors (Lipinski definition) is 4. The number of benzene rings is 3. The molecular weight excluding hydrogens is 403 g/mol. The predicted molar refractivity (Wildman–Crippen MR) is 120 cm³/mol. The second kappa shape index (κ2) is 9.20. The summed E-state index contributed by atoms with van der Waals surface area (Å²) in [6.07, 6.45) is 1.17. The zero-order chi connectivity index (χ0) is 20.1. The SMILES string of the molecule is O=C(CCCSc1ccc(F)cc1)Nc1nc(-c2cccc3ccccc23)cs1. The lowest BCUT2D eigenvalue weighted by Gasteiger charge is -2.04. The summed E-state index contributed by atoms with van der Waals surface area (Å²) >= 11 is 3.06. The fraction of sp³-hybridized carbons (Fsp3) is 0.130. The normalized spacial score (nSPS) is 10.9. The summed E-state index contributed by atoms with van der Waals surface area (Å²) in [6.45, 7) is 0. The first-order chi connectivity index (χ1) is 14.2. The van der Waals surface area contributed by atoms with Crippen molar-refractivity contribution in [3.8, 4) is 11.3 Å². The second-order valence-electron chi connectivity index (χ2n) is 6.52. The molecule has 0 unspecified atom stereocenters. The highest BCUT2D eigenvalue weighted by Crippen LogP contribution is 2.31. The highest BCUT2D eigenvalue weighted by molar-refractivity contribution is 7.99. The van der Waals surface area contributed by atoms with Crippen molar-refractivity contribution in [2.45, 2.75) is 17.7 Å². The Bertz CT molecular complexity index is 1120. The molecule has 1 amide bonds. The summed E-state index contributed by atoms with van der Waals surface area (Å²) in [5, 5.41) is 7.80.